The van der Waals surface area contributed by atoms with E-state index in [2.05, 4.69) is 22.7 Å². The van der Waals surface area contributed by atoms with E-state index in [9.17, 15) is 4.79 Å². The molecular weight excluding hydrogens is 252 g/mol. The predicted molar refractivity (Wildman–Crippen MR) is 70.2 cm³/mol. The molecule has 0 bridgehead atoms. The number of carbonyl (C=O) groups is 1. The maximum atomic E-state index is 11.3. The van der Waals surface area contributed by atoms with Crippen molar-refractivity contribution in [2.45, 2.75) is 0 Å². The monoisotopic (exact) mass is 262 g/mol. The lowest BCUT2D eigenvalue weighted by molar-refractivity contribution is 0.0996. The Morgan fingerprint density at radius 1 is 1.33 bits per heavy atom. The largest absolute Gasteiger partial charge is 0.436 e. The van der Waals surface area contributed by atoms with Crippen LogP contribution in [0.1, 0.15) is 10.4 Å². The number of nitrogens with two attached hydrogens (primary N) is 2. The number of para-hydroxylation sites is 1. The summed E-state index contributed by atoms with van der Waals surface area (Å²) in [5.41, 5.74) is 13.6. The van der Waals surface area contributed by atoms with Crippen molar-refractivity contribution in [1.29, 1.82) is 0 Å². The third-order valence-electron chi connectivity index (χ3n) is 2.19. The summed E-state index contributed by atoms with van der Waals surface area (Å²) in [6.45, 7) is 0. The van der Waals surface area contributed by atoms with E-state index in [1.165, 1.54) is 0 Å². The van der Waals surface area contributed by atoms with Crippen LogP contribution in [-0.4, -0.2) is 11.0 Å². The molecule has 2 aromatic rings. The molecule has 0 aliphatic rings. The Hall–Kier alpha value is -2.41. The Labute approximate surface area is 107 Å². The Kier molecular flexibility index (Phi) is 3.24. The molecule has 0 saturated heterocycles. The Bertz CT molecular complexity index is 693. The van der Waals surface area contributed by atoms with E-state index in [-0.39, 0.29) is 16.2 Å². The molecule has 0 aliphatic carbocycles. The molecule has 0 unspecified atom stereocenters. The van der Waals surface area contributed by atoms with Crippen LogP contribution in [0, 0.1) is 0 Å². The van der Waals surface area contributed by atoms with Crippen LogP contribution in [-0.2, 0) is 0 Å². The summed E-state index contributed by atoms with van der Waals surface area (Å²) in [6.07, 6.45) is 0. The molecule has 6 nitrogen and oxygen atoms in total. The highest BCUT2D eigenvalue weighted by molar-refractivity contribution is 7.80. The average Bonchev–Trinajstić information content (AvgIpc) is 2.35. The number of benzene rings is 1. The molecule has 0 atom stereocenters. The van der Waals surface area contributed by atoms with E-state index < -0.39 is 5.91 Å². The molecule has 2 rings (SSSR count). The zero-order valence-corrected chi connectivity index (χ0v) is 10.0. The number of nitrogens with zero attached hydrogens (tertiary/aromatic N) is 1. The van der Waals surface area contributed by atoms with Gasteiger partial charge in [0.25, 0.3) is 5.91 Å². The van der Waals surface area contributed by atoms with Gasteiger partial charge in [0.05, 0.1) is 0 Å². The van der Waals surface area contributed by atoms with Crippen LogP contribution in [0.4, 0.5) is 0 Å². The lowest BCUT2D eigenvalue weighted by atomic mass is 10.2. The second-order valence-corrected chi connectivity index (χ2v) is 3.89. The molecule has 0 fully saturated rings. The van der Waals surface area contributed by atoms with Crippen molar-refractivity contribution in [3.05, 3.63) is 41.4 Å². The topological polar surface area (TPSA) is 107 Å². The smallest absolute Gasteiger partial charge is 0.254 e. The normalized spacial score (nSPS) is 11.4. The van der Waals surface area contributed by atoms with Gasteiger partial charge in [-0.05, 0) is 24.4 Å². The van der Waals surface area contributed by atoms with E-state index in [0.717, 1.165) is 5.39 Å². The molecule has 1 aromatic heterocycles. The molecule has 1 amide bonds. The van der Waals surface area contributed by atoms with Crippen molar-refractivity contribution in [3.8, 4) is 0 Å². The number of primary amides is 1. The number of nitrogens with one attached hydrogen (secondary N) is 1. The standard InChI is InChI=1S/C11H10N4O2S/c12-9(16)7-5-6-3-1-2-4-8(6)17-10(7)14-15-11(13)18/h1-5H,(H2,12,16)(H3,13,15,18)/b14-10-. The van der Waals surface area contributed by atoms with Crippen molar-refractivity contribution >= 4 is 34.2 Å². The van der Waals surface area contributed by atoms with Gasteiger partial charge in [-0.15, -0.1) is 5.10 Å². The fourth-order valence-electron chi connectivity index (χ4n) is 1.43. The van der Waals surface area contributed by atoms with Crippen molar-refractivity contribution < 1.29 is 9.21 Å². The fourth-order valence-corrected chi connectivity index (χ4v) is 1.48. The van der Waals surface area contributed by atoms with Gasteiger partial charge in [0.2, 0.25) is 5.55 Å². The average molecular weight is 262 g/mol. The van der Waals surface area contributed by atoms with E-state index in [4.69, 9.17) is 15.9 Å². The quantitative estimate of drug-likeness (QED) is 0.528. The number of carbonyl (C=O) groups excluding carboxylic acids is 1. The maximum Gasteiger partial charge on any atom is 0.254 e. The summed E-state index contributed by atoms with van der Waals surface area (Å²) in [7, 11) is 0. The molecule has 1 heterocycles. The number of hydrogen-bond donors (Lipinski definition) is 3. The van der Waals surface area contributed by atoms with Crippen LogP contribution in [0.2, 0.25) is 0 Å². The van der Waals surface area contributed by atoms with Crippen LogP contribution >= 0.6 is 12.2 Å². The summed E-state index contributed by atoms with van der Waals surface area (Å²) in [5, 5.41) is 4.51. The first kappa shape index (κ1) is 12.1. The molecule has 7 heteroatoms. The Morgan fingerprint density at radius 2 is 2.06 bits per heavy atom. The first-order valence-electron chi connectivity index (χ1n) is 5.00. The number of hydrogen-bond acceptors (Lipinski definition) is 4. The van der Waals surface area contributed by atoms with Crippen molar-refractivity contribution in [1.82, 2.24) is 5.43 Å². The van der Waals surface area contributed by atoms with Gasteiger partial charge in [-0.25, -0.2) is 0 Å². The number of rotatable bonds is 2. The summed E-state index contributed by atoms with van der Waals surface area (Å²) < 4.78 is 5.46. The van der Waals surface area contributed by atoms with Crippen molar-refractivity contribution in [2.75, 3.05) is 0 Å². The maximum absolute atomic E-state index is 11.3. The number of amides is 1. The van der Waals surface area contributed by atoms with Crippen LogP contribution in [0.5, 0.6) is 0 Å². The first-order valence-corrected chi connectivity index (χ1v) is 5.40. The molecule has 5 N–H and O–H groups in total. The van der Waals surface area contributed by atoms with Crippen LogP contribution in [0.25, 0.3) is 11.0 Å². The van der Waals surface area contributed by atoms with Gasteiger partial charge in [-0.1, -0.05) is 18.2 Å². The lowest BCUT2D eigenvalue weighted by Crippen LogP contribution is -2.29. The molecule has 1 aromatic carbocycles. The summed E-state index contributed by atoms with van der Waals surface area (Å²) in [5.74, 6) is -0.645. The minimum atomic E-state index is -0.645. The second kappa shape index (κ2) is 4.84. The molecule has 0 aliphatic heterocycles. The van der Waals surface area contributed by atoms with Crippen molar-refractivity contribution in [3.63, 3.8) is 0 Å². The van der Waals surface area contributed by atoms with Gasteiger partial charge < -0.3 is 15.9 Å². The predicted octanol–water partition coefficient (Wildman–Crippen LogP) is 0.181. The van der Waals surface area contributed by atoms with Crippen LogP contribution in [0.3, 0.4) is 0 Å². The highest BCUT2D eigenvalue weighted by Gasteiger charge is 2.08. The Balaban J connectivity index is 2.69. The van der Waals surface area contributed by atoms with Crippen LogP contribution in [0.15, 0.2) is 39.9 Å². The van der Waals surface area contributed by atoms with Gasteiger partial charge in [0.15, 0.2) is 5.11 Å². The van der Waals surface area contributed by atoms with Gasteiger partial charge in [0.1, 0.15) is 11.1 Å². The summed E-state index contributed by atoms with van der Waals surface area (Å²) >= 11 is 4.61. The lowest BCUT2D eigenvalue weighted by Gasteiger charge is -2.01. The van der Waals surface area contributed by atoms with Gasteiger partial charge in [0, 0.05) is 5.39 Å². The summed E-state index contributed by atoms with van der Waals surface area (Å²) in [6, 6.07) is 8.78. The molecule has 0 saturated carbocycles. The molecule has 18 heavy (non-hydrogen) atoms. The Morgan fingerprint density at radius 3 is 2.72 bits per heavy atom. The second-order valence-electron chi connectivity index (χ2n) is 3.46. The van der Waals surface area contributed by atoms with Gasteiger partial charge in [-0.2, -0.15) is 0 Å². The van der Waals surface area contributed by atoms with E-state index in [0.29, 0.717) is 5.58 Å². The van der Waals surface area contributed by atoms with Gasteiger partial charge in [-0.3, -0.25) is 10.2 Å². The zero-order chi connectivity index (χ0) is 13.1. The third kappa shape index (κ3) is 2.46. The molecule has 0 radical (unpaired) electrons. The molecular formula is C11H10N4O2S. The summed E-state index contributed by atoms with van der Waals surface area (Å²) in [4.78, 5) is 11.3. The first-order chi connectivity index (χ1) is 8.58. The minimum absolute atomic E-state index is 0.0335. The highest BCUT2D eigenvalue weighted by Crippen LogP contribution is 2.12. The van der Waals surface area contributed by atoms with Gasteiger partial charge >= 0.3 is 0 Å². The SMILES string of the molecule is NC(=O)c1cc2ccccc2o/c1=N\NC(N)=S. The third-order valence-corrected chi connectivity index (χ3v) is 2.28. The van der Waals surface area contributed by atoms with E-state index in [1.54, 1.807) is 24.3 Å². The molecule has 0 spiro atoms. The minimum Gasteiger partial charge on any atom is -0.436 e. The number of fused-ring (bicyclic) bond motifs is 1. The number of thiocarbonyl (C=S) groups is 1. The van der Waals surface area contributed by atoms with E-state index >= 15 is 0 Å². The van der Waals surface area contributed by atoms with E-state index in [1.807, 2.05) is 6.07 Å². The highest BCUT2D eigenvalue weighted by atomic mass is 32.1. The van der Waals surface area contributed by atoms with Crippen LogP contribution < -0.4 is 22.4 Å². The molecule has 92 valence electrons. The van der Waals surface area contributed by atoms with Crippen molar-refractivity contribution in [2.24, 2.45) is 16.6 Å². The zero-order valence-electron chi connectivity index (χ0n) is 9.21. The fraction of sp³-hybridized carbons (Fsp3) is 0.